The average molecular weight is 349 g/mol. The Balaban J connectivity index is 2.01. The van der Waals surface area contributed by atoms with Crippen molar-refractivity contribution >= 4 is 34.9 Å². The molecule has 1 atom stereocenters. The van der Waals surface area contributed by atoms with Crippen molar-refractivity contribution in [1.29, 1.82) is 0 Å². The first-order chi connectivity index (χ1) is 11.4. The number of carbonyl (C=O) groups is 2. The molecule has 0 unspecified atom stereocenters. The van der Waals surface area contributed by atoms with Gasteiger partial charge in [0.25, 0.3) is 11.6 Å². The van der Waals surface area contributed by atoms with E-state index < -0.39 is 22.9 Å². The zero-order chi connectivity index (χ0) is 17.7. The second-order valence-electron chi connectivity index (χ2n) is 4.85. The van der Waals surface area contributed by atoms with Crippen LogP contribution in [0.1, 0.15) is 17.3 Å². The topological polar surface area (TPSA) is 98.5 Å². The van der Waals surface area contributed by atoms with Crippen LogP contribution in [-0.4, -0.2) is 22.9 Å². The fraction of sp³-hybridized carbons (Fsp3) is 0.125. The lowest BCUT2D eigenvalue weighted by Crippen LogP contribution is -2.30. The number of hydrogen-bond acceptors (Lipinski definition) is 5. The van der Waals surface area contributed by atoms with Crippen LogP contribution >= 0.6 is 11.6 Å². The highest BCUT2D eigenvalue weighted by Gasteiger charge is 2.19. The molecule has 0 aliphatic carbocycles. The quantitative estimate of drug-likeness (QED) is 0.507. The number of esters is 1. The first-order valence-electron chi connectivity index (χ1n) is 6.88. The van der Waals surface area contributed by atoms with Gasteiger partial charge in [-0.3, -0.25) is 14.9 Å². The Labute approximate surface area is 142 Å². The minimum Gasteiger partial charge on any atom is -0.449 e. The summed E-state index contributed by atoms with van der Waals surface area (Å²) >= 11 is 5.79. The van der Waals surface area contributed by atoms with Gasteiger partial charge in [0.2, 0.25) is 0 Å². The molecule has 1 amide bonds. The molecule has 1 N–H and O–H groups in total. The van der Waals surface area contributed by atoms with Crippen LogP contribution in [0.2, 0.25) is 5.02 Å². The summed E-state index contributed by atoms with van der Waals surface area (Å²) in [5.41, 5.74) is 0.300. The molecule has 0 aromatic heterocycles. The number of nitro groups is 1. The van der Waals surface area contributed by atoms with Crippen molar-refractivity contribution in [3.63, 3.8) is 0 Å². The fourth-order valence-corrected chi connectivity index (χ4v) is 2.03. The van der Waals surface area contributed by atoms with Gasteiger partial charge in [-0.1, -0.05) is 23.7 Å². The van der Waals surface area contributed by atoms with Gasteiger partial charge < -0.3 is 10.1 Å². The molecular formula is C16H13ClN2O5. The number of halogens is 1. The molecular weight excluding hydrogens is 336 g/mol. The lowest BCUT2D eigenvalue weighted by Gasteiger charge is -2.13. The molecule has 2 aromatic carbocycles. The first-order valence-corrected chi connectivity index (χ1v) is 7.26. The van der Waals surface area contributed by atoms with E-state index in [1.165, 1.54) is 43.3 Å². The SMILES string of the molecule is C[C@H](OC(=O)c1cccc(Cl)c1)C(=O)Nc1cccc([N+](=O)[O-])c1. The molecule has 0 aliphatic rings. The predicted molar refractivity (Wildman–Crippen MR) is 88.1 cm³/mol. The number of nitro benzene ring substituents is 1. The number of benzene rings is 2. The van der Waals surface area contributed by atoms with Gasteiger partial charge in [0.15, 0.2) is 6.10 Å². The van der Waals surface area contributed by atoms with E-state index >= 15 is 0 Å². The Bertz CT molecular complexity index is 794. The maximum Gasteiger partial charge on any atom is 0.338 e. The smallest absolute Gasteiger partial charge is 0.338 e. The van der Waals surface area contributed by atoms with E-state index in [1.807, 2.05) is 0 Å². The summed E-state index contributed by atoms with van der Waals surface area (Å²) in [6.45, 7) is 1.40. The van der Waals surface area contributed by atoms with Gasteiger partial charge in [-0.05, 0) is 31.2 Å². The summed E-state index contributed by atoms with van der Waals surface area (Å²) in [6, 6.07) is 11.6. The normalized spacial score (nSPS) is 11.4. The Kier molecular flexibility index (Phi) is 5.49. The first kappa shape index (κ1) is 17.4. The van der Waals surface area contributed by atoms with E-state index in [0.717, 1.165) is 0 Å². The van der Waals surface area contributed by atoms with Gasteiger partial charge in [-0.25, -0.2) is 4.79 Å². The lowest BCUT2D eigenvalue weighted by atomic mass is 10.2. The number of non-ortho nitro benzene ring substituents is 1. The molecule has 124 valence electrons. The van der Waals surface area contributed by atoms with Crippen molar-refractivity contribution in [3.05, 3.63) is 69.2 Å². The average Bonchev–Trinajstić information content (AvgIpc) is 2.54. The number of hydrogen-bond donors (Lipinski definition) is 1. The Morgan fingerprint density at radius 3 is 2.58 bits per heavy atom. The monoisotopic (exact) mass is 348 g/mol. The number of nitrogens with zero attached hydrogens (tertiary/aromatic N) is 1. The summed E-state index contributed by atoms with van der Waals surface area (Å²) in [5, 5.41) is 13.5. The van der Waals surface area contributed by atoms with Crippen molar-refractivity contribution in [2.45, 2.75) is 13.0 Å². The van der Waals surface area contributed by atoms with E-state index in [-0.39, 0.29) is 16.9 Å². The Morgan fingerprint density at radius 1 is 1.21 bits per heavy atom. The van der Waals surface area contributed by atoms with Crippen molar-refractivity contribution in [3.8, 4) is 0 Å². The van der Waals surface area contributed by atoms with Gasteiger partial charge in [-0.15, -0.1) is 0 Å². The van der Waals surface area contributed by atoms with Gasteiger partial charge in [0, 0.05) is 22.8 Å². The van der Waals surface area contributed by atoms with E-state index in [4.69, 9.17) is 16.3 Å². The molecule has 7 nitrogen and oxygen atoms in total. The molecule has 0 fully saturated rings. The van der Waals surface area contributed by atoms with Gasteiger partial charge >= 0.3 is 5.97 Å². The van der Waals surface area contributed by atoms with Crippen molar-refractivity contribution in [1.82, 2.24) is 0 Å². The van der Waals surface area contributed by atoms with E-state index in [2.05, 4.69) is 5.32 Å². The van der Waals surface area contributed by atoms with Crippen LogP contribution in [0.25, 0.3) is 0 Å². The fourth-order valence-electron chi connectivity index (χ4n) is 1.84. The zero-order valence-electron chi connectivity index (χ0n) is 12.6. The molecule has 2 aromatic rings. The minimum absolute atomic E-state index is 0.156. The zero-order valence-corrected chi connectivity index (χ0v) is 13.3. The highest BCUT2D eigenvalue weighted by molar-refractivity contribution is 6.30. The van der Waals surface area contributed by atoms with Gasteiger partial charge in [0.05, 0.1) is 10.5 Å². The third-order valence-electron chi connectivity index (χ3n) is 3.04. The Morgan fingerprint density at radius 2 is 1.92 bits per heavy atom. The molecule has 0 bridgehead atoms. The number of nitrogens with one attached hydrogen (secondary N) is 1. The predicted octanol–water partition coefficient (Wildman–Crippen LogP) is 3.43. The number of anilines is 1. The molecule has 2 rings (SSSR count). The number of ether oxygens (including phenoxy) is 1. The van der Waals surface area contributed by atoms with Crippen molar-refractivity contribution in [2.24, 2.45) is 0 Å². The van der Waals surface area contributed by atoms with Crippen LogP contribution in [0.5, 0.6) is 0 Å². The summed E-state index contributed by atoms with van der Waals surface area (Å²) in [7, 11) is 0. The molecule has 0 heterocycles. The van der Waals surface area contributed by atoms with Crippen LogP contribution in [0.15, 0.2) is 48.5 Å². The van der Waals surface area contributed by atoms with Gasteiger partial charge in [-0.2, -0.15) is 0 Å². The summed E-state index contributed by atoms with van der Waals surface area (Å²) in [5.74, 6) is -1.30. The van der Waals surface area contributed by atoms with Crippen molar-refractivity contribution < 1.29 is 19.2 Å². The summed E-state index contributed by atoms with van der Waals surface area (Å²) in [4.78, 5) is 34.1. The van der Waals surface area contributed by atoms with E-state index in [0.29, 0.717) is 5.02 Å². The van der Waals surface area contributed by atoms with Gasteiger partial charge in [0.1, 0.15) is 0 Å². The molecule has 0 aliphatic heterocycles. The highest BCUT2D eigenvalue weighted by atomic mass is 35.5. The number of amides is 1. The third-order valence-corrected chi connectivity index (χ3v) is 3.27. The standard InChI is InChI=1S/C16H13ClN2O5/c1-10(24-16(21)11-4-2-5-12(17)8-11)15(20)18-13-6-3-7-14(9-13)19(22)23/h2-10H,1H3,(H,18,20)/t10-/m0/s1. The van der Waals surface area contributed by atoms with Crippen LogP contribution in [0.4, 0.5) is 11.4 Å². The maximum atomic E-state index is 12.0. The van der Waals surface area contributed by atoms with Crippen LogP contribution in [0, 0.1) is 10.1 Å². The highest BCUT2D eigenvalue weighted by Crippen LogP contribution is 2.18. The van der Waals surface area contributed by atoms with E-state index in [1.54, 1.807) is 12.1 Å². The molecule has 0 saturated heterocycles. The Hall–Kier alpha value is -2.93. The van der Waals surface area contributed by atoms with Crippen LogP contribution in [0.3, 0.4) is 0 Å². The summed E-state index contributed by atoms with van der Waals surface area (Å²) < 4.78 is 5.06. The molecule has 24 heavy (non-hydrogen) atoms. The maximum absolute atomic E-state index is 12.0. The van der Waals surface area contributed by atoms with Crippen LogP contribution < -0.4 is 5.32 Å². The molecule has 8 heteroatoms. The minimum atomic E-state index is -1.09. The second-order valence-corrected chi connectivity index (χ2v) is 5.29. The number of rotatable bonds is 5. The summed E-state index contributed by atoms with van der Waals surface area (Å²) in [6.07, 6.45) is -1.09. The van der Waals surface area contributed by atoms with Crippen LogP contribution in [-0.2, 0) is 9.53 Å². The lowest BCUT2D eigenvalue weighted by molar-refractivity contribution is -0.384. The molecule has 0 spiro atoms. The van der Waals surface area contributed by atoms with E-state index in [9.17, 15) is 19.7 Å². The molecule has 0 saturated carbocycles. The third kappa shape index (κ3) is 4.53. The molecule has 0 radical (unpaired) electrons. The second kappa shape index (κ2) is 7.56. The number of carbonyl (C=O) groups excluding carboxylic acids is 2. The largest absolute Gasteiger partial charge is 0.449 e. The van der Waals surface area contributed by atoms with Crippen molar-refractivity contribution in [2.75, 3.05) is 5.32 Å².